The topological polar surface area (TPSA) is 87.5 Å². The molecule has 2 N–H and O–H groups in total. The third-order valence-electron chi connectivity index (χ3n) is 5.08. The van der Waals surface area contributed by atoms with Crippen LogP contribution in [0, 0.1) is 0 Å². The maximum absolute atomic E-state index is 13.4. The molecule has 10 heteroatoms. The van der Waals surface area contributed by atoms with Crippen molar-refractivity contribution in [3.8, 4) is 0 Å². The van der Waals surface area contributed by atoms with Crippen LogP contribution < -0.4 is 4.72 Å². The smallest absolute Gasteiger partial charge is 0.248 e. The van der Waals surface area contributed by atoms with E-state index in [0.29, 0.717) is 31.5 Å². The van der Waals surface area contributed by atoms with Gasteiger partial charge in [0.1, 0.15) is 0 Å². The van der Waals surface area contributed by atoms with Crippen LogP contribution in [0.2, 0.25) is 0 Å². The zero-order valence-corrected chi connectivity index (χ0v) is 14.9. The third-order valence-corrected chi connectivity index (χ3v) is 5.69. The minimum absolute atomic E-state index is 0.0188. The number of aliphatic hydroxyl groups excluding tert-OH is 1. The number of aliphatic hydroxyl groups is 1. The highest BCUT2D eigenvalue weighted by Gasteiger charge is 2.42. The second-order valence-corrected chi connectivity index (χ2v) is 8.84. The first-order valence-electron chi connectivity index (χ1n) is 8.43. The molecular formula is C15H24F2N4O3S. The standard InChI is InChI=1S/C15H24F2N4O3S/c1-25(23,24)19-11-7-18-21(8-11)13-6-14(10-22)20(9-13)12-2-4-15(16,17)5-3-12/h7-8,12-14,19,22H,2-6,9-10H2,1H3/t13-,14-/m0/s1. The van der Waals surface area contributed by atoms with Gasteiger partial charge in [0, 0.05) is 37.7 Å². The predicted octanol–water partition coefficient (Wildman–Crippen LogP) is 1.44. The summed E-state index contributed by atoms with van der Waals surface area (Å²) >= 11 is 0. The van der Waals surface area contributed by atoms with Crippen molar-refractivity contribution in [3.05, 3.63) is 12.4 Å². The Balaban J connectivity index is 1.67. The first-order valence-corrected chi connectivity index (χ1v) is 10.3. The molecule has 2 atom stereocenters. The van der Waals surface area contributed by atoms with Crippen LogP contribution in [0.25, 0.3) is 0 Å². The van der Waals surface area contributed by atoms with Gasteiger partial charge in [-0.05, 0) is 19.3 Å². The molecule has 1 saturated heterocycles. The lowest BCUT2D eigenvalue weighted by Crippen LogP contribution is -2.44. The van der Waals surface area contributed by atoms with Crippen LogP contribution in [0.3, 0.4) is 0 Å². The molecule has 0 radical (unpaired) electrons. The highest BCUT2D eigenvalue weighted by molar-refractivity contribution is 7.92. The molecular weight excluding hydrogens is 354 g/mol. The molecule has 0 bridgehead atoms. The van der Waals surface area contributed by atoms with E-state index in [9.17, 15) is 22.3 Å². The summed E-state index contributed by atoms with van der Waals surface area (Å²) in [5.41, 5.74) is 0.388. The Morgan fingerprint density at radius 1 is 1.36 bits per heavy atom. The Kier molecular flexibility index (Phi) is 5.04. The zero-order chi connectivity index (χ0) is 18.2. The number of likely N-dealkylation sites (tertiary alicyclic amines) is 1. The fraction of sp³-hybridized carbons (Fsp3) is 0.800. The van der Waals surface area contributed by atoms with Gasteiger partial charge in [0.15, 0.2) is 0 Å². The maximum atomic E-state index is 13.4. The molecule has 2 heterocycles. The van der Waals surface area contributed by atoms with Crippen LogP contribution >= 0.6 is 0 Å². The molecule has 0 amide bonds. The summed E-state index contributed by atoms with van der Waals surface area (Å²) < 4.78 is 53.4. The van der Waals surface area contributed by atoms with E-state index in [0.717, 1.165) is 6.26 Å². The lowest BCUT2D eigenvalue weighted by molar-refractivity contribution is -0.0571. The zero-order valence-electron chi connectivity index (χ0n) is 14.1. The summed E-state index contributed by atoms with van der Waals surface area (Å²) in [6.45, 7) is 0.584. The van der Waals surface area contributed by atoms with E-state index in [1.807, 2.05) is 0 Å². The summed E-state index contributed by atoms with van der Waals surface area (Å²) in [7, 11) is -3.37. The van der Waals surface area contributed by atoms with E-state index in [1.165, 1.54) is 6.20 Å². The second kappa shape index (κ2) is 6.81. The van der Waals surface area contributed by atoms with Crippen molar-refractivity contribution in [3.63, 3.8) is 0 Å². The fourth-order valence-corrected chi connectivity index (χ4v) is 4.43. The molecule has 3 rings (SSSR count). The first-order chi connectivity index (χ1) is 11.7. The van der Waals surface area contributed by atoms with Crippen molar-refractivity contribution >= 4 is 15.7 Å². The van der Waals surface area contributed by atoms with Gasteiger partial charge in [-0.1, -0.05) is 0 Å². The molecule has 1 saturated carbocycles. The summed E-state index contributed by atoms with van der Waals surface area (Å²) in [4.78, 5) is 2.12. The number of anilines is 1. The number of hydrogen-bond donors (Lipinski definition) is 2. The lowest BCUT2D eigenvalue weighted by atomic mass is 9.91. The quantitative estimate of drug-likeness (QED) is 0.810. The van der Waals surface area contributed by atoms with Gasteiger partial charge in [0.25, 0.3) is 0 Å². The molecule has 2 aliphatic rings. The Morgan fingerprint density at radius 3 is 2.64 bits per heavy atom. The van der Waals surface area contributed by atoms with Gasteiger partial charge in [0.05, 0.1) is 30.8 Å². The van der Waals surface area contributed by atoms with Gasteiger partial charge in [-0.15, -0.1) is 0 Å². The minimum Gasteiger partial charge on any atom is -0.395 e. The molecule has 1 aliphatic carbocycles. The van der Waals surface area contributed by atoms with Gasteiger partial charge >= 0.3 is 0 Å². The molecule has 0 aromatic carbocycles. The molecule has 2 fully saturated rings. The van der Waals surface area contributed by atoms with E-state index >= 15 is 0 Å². The third kappa shape index (κ3) is 4.48. The molecule has 0 spiro atoms. The summed E-state index contributed by atoms with van der Waals surface area (Å²) in [6.07, 6.45) is 5.43. The van der Waals surface area contributed by atoms with Crippen molar-refractivity contribution < 1.29 is 22.3 Å². The van der Waals surface area contributed by atoms with Gasteiger partial charge in [-0.2, -0.15) is 5.10 Å². The molecule has 142 valence electrons. The normalized spacial score (nSPS) is 28.3. The molecule has 25 heavy (non-hydrogen) atoms. The van der Waals surface area contributed by atoms with E-state index < -0.39 is 15.9 Å². The van der Waals surface area contributed by atoms with E-state index in [-0.39, 0.29) is 37.6 Å². The van der Waals surface area contributed by atoms with E-state index in [4.69, 9.17) is 0 Å². The highest BCUT2D eigenvalue weighted by Crippen LogP contribution is 2.39. The lowest BCUT2D eigenvalue weighted by Gasteiger charge is -2.37. The van der Waals surface area contributed by atoms with Crippen LogP contribution in [0.1, 0.15) is 38.1 Å². The average Bonchev–Trinajstić information content (AvgIpc) is 3.12. The molecule has 0 unspecified atom stereocenters. The number of sulfonamides is 1. The van der Waals surface area contributed by atoms with Gasteiger partial charge in [-0.3, -0.25) is 14.3 Å². The van der Waals surface area contributed by atoms with Crippen LogP contribution in [0.5, 0.6) is 0 Å². The van der Waals surface area contributed by atoms with Crippen LogP contribution in [-0.2, 0) is 10.0 Å². The Bertz CT molecular complexity index is 699. The van der Waals surface area contributed by atoms with Crippen molar-refractivity contribution in [2.24, 2.45) is 0 Å². The largest absolute Gasteiger partial charge is 0.395 e. The second-order valence-electron chi connectivity index (χ2n) is 7.09. The Morgan fingerprint density at radius 2 is 2.04 bits per heavy atom. The highest BCUT2D eigenvalue weighted by atomic mass is 32.2. The molecule has 1 aliphatic heterocycles. The van der Waals surface area contributed by atoms with Crippen LogP contribution in [-0.4, -0.2) is 65.6 Å². The number of hydrogen-bond acceptors (Lipinski definition) is 5. The predicted molar refractivity (Wildman–Crippen MR) is 89.1 cm³/mol. The van der Waals surface area contributed by atoms with Gasteiger partial charge < -0.3 is 5.11 Å². The summed E-state index contributed by atoms with van der Waals surface area (Å²) in [5.74, 6) is -2.57. The molecule has 1 aromatic rings. The van der Waals surface area contributed by atoms with Crippen molar-refractivity contribution in [1.82, 2.24) is 14.7 Å². The monoisotopic (exact) mass is 378 g/mol. The Labute approximate surface area is 146 Å². The number of rotatable bonds is 5. The van der Waals surface area contributed by atoms with E-state index in [1.54, 1.807) is 10.9 Å². The summed E-state index contributed by atoms with van der Waals surface area (Å²) in [6, 6.07) is -0.0575. The number of nitrogens with zero attached hydrogens (tertiary/aromatic N) is 3. The SMILES string of the molecule is CS(=O)(=O)Nc1cnn([C@H]2C[C@@H](CO)N(C3CCC(F)(F)CC3)C2)c1. The van der Waals surface area contributed by atoms with Crippen molar-refractivity contribution in [2.45, 2.75) is 56.2 Å². The van der Waals surface area contributed by atoms with Crippen LogP contribution in [0.4, 0.5) is 14.5 Å². The average molecular weight is 378 g/mol. The number of aromatic nitrogens is 2. The number of alkyl halides is 2. The Hall–Kier alpha value is -1.26. The first kappa shape index (κ1) is 18.5. The van der Waals surface area contributed by atoms with Gasteiger partial charge in [-0.25, -0.2) is 17.2 Å². The fourth-order valence-electron chi connectivity index (χ4n) is 3.90. The minimum atomic E-state index is -3.37. The molecule has 7 nitrogen and oxygen atoms in total. The summed E-state index contributed by atoms with van der Waals surface area (Å²) in [5, 5.41) is 13.9. The molecule has 1 aromatic heterocycles. The number of halogens is 2. The van der Waals surface area contributed by atoms with Gasteiger partial charge in [0.2, 0.25) is 15.9 Å². The maximum Gasteiger partial charge on any atom is 0.248 e. The number of nitrogens with one attached hydrogen (secondary N) is 1. The van der Waals surface area contributed by atoms with Crippen molar-refractivity contribution in [2.75, 3.05) is 24.1 Å². The van der Waals surface area contributed by atoms with Crippen LogP contribution in [0.15, 0.2) is 12.4 Å². The van der Waals surface area contributed by atoms with Crippen molar-refractivity contribution in [1.29, 1.82) is 0 Å². The van der Waals surface area contributed by atoms with E-state index in [2.05, 4.69) is 14.7 Å².